The summed E-state index contributed by atoms with van der Waals surface area (Å²) in [7, 11) is 0. The van der Waals surface area contributed by atoms with Gasteiger partial charge >= 0.3 is 0 Å². The van der Waals surface area contributed by atoms with Crippen LogP contribution in [-0.2, 0) is 5.41 Å². The van der Waals surface area contributed by atoms with E-state index in [1.807, 2.05) is 0 Å². The minimum atomic E-state index is -0.433. The van der Waals surface area contributed by atoms with Gasteiger partial charge in [-0.25, -0.2) is 0 Å². The summed E-state index contributed by atoms with van der Waals surface area (Å²) >= 11 is 0. The zero-order valence-electron chi connectivity index (χ0n) is 38.0. The van der Waals surface area contributed by atoms with Crippen LogP contribution in [0.15, 0.2) is 279 Å². The lowest BCUT2D eigenvalue weighted by Crippen LogP contribution is -2.28. The average molecular weight is 879 g/mol. The highest BCUT2D eigenvalue weighted by atomic mass is 15.1. The van der Waals surface area contributed by atoms with Gasteiger partial charge in [0.05, 0.1) is 16.4 Å². The Kier molecular flexibility index (Phi) is 9.77. The lowest BCUT2D eigenvalue weighted by molar-refractivity contribution is 0.768. The maximum absolute atomic E-state index is 2.46. The molecule has 2 heteroatoms. The van der Waals surface area contributed by atoms with Gasteiger partial charge in [0, 0.05) is 33.5 Å². The number of fused-ring (bicyclic) bond motifs is 6. The topological polar surface area (TPSA) is 8.17 Å². The van der Waals surface area contributed by atoms with E-state index in [2.05, 4.69) is 289 Å². The Labute approximate surface area is 403 Å². The van der Waals surface area contributed by atoms with Crippen molar-refractivity contribution in [1.82, 2.24) is 4.57 Å². The molecule has 1 heterocycles. The second-order valence-corrected chi connectivity index (χ2v) is 18.1. The molecular formula is C67H46N2. The van der Waals surface area contributed by atoms with Gasteiger partial charge in [0.1, 0.15) is 0 Å². The van der Waals surface area contributed by atoms with Crippen LogP contribution in [0, 0.1) is 0 Å². The van der Waals surface area contributed by atoms with E-state index in [0.29, 0.717) is 0 Å². The molecule has 0 fully saturated rings. The van der Waals surface area contributed by atoms with E-state index in [0.717, 1.165) is 22.7 Å². The lowest BCUT2D eigenvalue weighted by atomic mass is 9.68. The molecule has 0 aliphatic heterocycles. The molecule has 2 nitrogen and oxygen atoms in total. The second-order valence-electron chi connectivity index (χ2n) is 18.1. The third-order valence-corrected chi connectivity index (χ3v) is 14.3. The summed E-state index contributed by atoms with van der Waals surface area (Å²) in [5.74, 6) is 0. The molecular weight excluding hydrogens is 833 g/mol. The molecule has 0 bridgehead atoms. The van der Waals surface area contributed by atoms with Crippen molar-refractivity contribution >= 4 is 38.9 Å². The average Bonchev–Trinajstić information content (AvgIpc) is 3.92. The van der Waals surface area contributed by atoms with Gasteiger partial charge in [-0.15, -0.1) is 0 Å². The van der Waals surface area contributed by atoms with Crippen molar-refractivity contribution in [3.05, 3.63) is 301 Å². The smallest absolute Gasteiger partial charge is 0.0713 e. The summed E-state index contributed by atoms with van der Waals surface area (Å²) in [5.41, 5.74) is 21.3. The van der Waals surface area contributed by atoms with Crippen LogP contribution in [0.1, 0.15) is 22.3 Å². The Morgan fingerprint density at radius 2 is 0.739 bits per heavy atom. The van der Waals surface area contributed by atoms with Crippen LogP contribution >= 0.6 is 0 Å². The monoisotopic (exact) mass is 878 g/mol. The predicted octanol–water partition coefficient (Wildman–Crippen LogP) is 17.6. The molecule has 1 aromatic heterocycles. The Hall–Kier alpha value is -8.98. The number of anilines is 3. The first-order valence-corrected chi connectivity index (χ1v) is 23.8. The van der Waals surface area contributed by atoms with Crippen molar-refractivity contribution in [2.24, 2.45) is 0 Å². The highest BCUT2D eigenvalue weighted by molar-refractivity contribution is 6.10. The number of rotatable bonds is 9. The maximum atomic E-state index is 2.46. The number of hydrogen-bond acceptors (Lipinski definition) is 1. The summed E-state index contributed by atoms with van der Waals surface area (Å²) in [4.78, 5) is 2.32. The molecule has 12 aromatic rings. The molecule has 0 amide bonds. The van der Waals surface area contributed by atoms with E-state index in [1.165, 1.54) is 88.6 Å². The SMILES string of the molecule is c1ccc(-c2ccc(N(c3ccccc3)c3ccc(-c4cccc(-c5ccc6c(c5)c5ccccc5n6-c5ccc6c(c5)-c5ccccc5C6(c5ccccc5)c5ccccc5)c4)cc3)cc2)cc1. The fourth-order valence-electron chi connectivity index (χ4n) is 11.1. The fourth-order valence-corrected chi connectivity index (χ4v) is 11.1. The molecule has 1 aliphatic rings. The van der Waals surface area contributed by atoms with Crippen molar-refractivity contribution in [2.45, 2.75) is 5.41 Å². The third kappa shape index (κ3) is 6.72. The van der Waals surface area contributed by atoms with Crippen LogP contribution in [0.25, 0.3) is 72.0 Å². The first kappa shape index (κ1) is 40.3. The number of benzene rings is 11. The van der Waals surface area contributed by atoms with Crippen molar-refractivity contribution in [1.29, 1.82) is 0 Å². The molecule has 0 N–H and O–H groups in total. The number of para-hydroxylation sites is 2. The molecule has 0 saturated heterocycles. The van der Waals surface area contributed by atoms with Crippen molar-refractivity contribution in [2.75, 3.05) is 4.90 Å². The standard InChI is InChI=1S/C67H46N2/c1-5-18-47(19-6-1)48-32-37-56(38-33-48)68(55-26-11-4-12-27-55)57-39-34-49(35-40-57)50-20-17-21-51(44-50)52-36-43-66-62(45-52)60-29-14-16-31-65(60)69(66)58-41-42-64-61(46-58)59-28-13-15-30-63(59)67(64,53-22-7-2-8-23-53)54-24-9-3-10-25-54/h1-46H. The molecule has 11 aromatic carbocycles. The van der Waals surface area contributed by atoms with Crippen molar-refractivity contribution < 1.29 is 0 Å². The van der Waals surface area contributed by atoms with Gasteiger partial charge in [0.15, 0.2) is 0 Å². The molecule has 0 spiro atoms. The van der Waals surface area contributed by atoms with E-state index >= 15 is 0 Å². The van der Waals surface area contributed by atoms with Gasteiger partial charge in [-0.1, -0.05) is 206 Å². The van der Waals surface area contributed by atoms with Crippen LogP contribution in [0.4, 0.5) is 17.1 Å². The minimum absolute atomic E-state index is 0.433. The fraction of sp³-hybridized carbons (Fsp3) is 0.0149. The van der Waals surface area contributed by atoms with E-state index in [1.54, 1.807) is 0 Å². The summed E-state index contributed by atoms with van der Waals surface area (Å²) in [6.45, 7) is 0. The van der Waals surface area contributed by atoms with Gasteiger partial charge < -0.3 is 9.47 Å². The van der Waals surface area contributed by atoms with E-state index in [4.69, 9.17) is 0 Å². The number of nitrogens with zero attached hydrogens (tertiary/aromatic N) is 2. The zero-order valence-corrected chi connectivity index (χ0v) is 38.0. The first-order chi connectivity index (χ1) is 34.2. The largest absolute Gasteiger partial charge is 0.311 e. The quantitative estimate of drug-likeness (QED) is 0.140. The van der Waals surface area contributed by atoms with Crippen LogP contribution in [-0.4, -0.2) is 4.57 Å². The Morgan fingerprint density at radius 3 is 1.42 bits per heavy atom. The summed E-state index contributed by atoms with van der Waals surface area (Å²) in [6, 6.07) is 102. The summed E-state index contributed by atoms with van der Waals surface area (Å²) in [6.07, 6.45) is 0. The Bertz CT molecular complexity index is 3760. The normalized spacial score (nSPS) is 12.5. The molecule has 0 atom stereocenters. The van der Waals surface area contributed by atoms with Gasteiger partial charge in [-0.2, -0.15) is 0 Å². The maximum Gasteiger partial charge on any atom is 0.0713 e. The highest BCUT2D eigenvalue weighted by Crippen LogP contribution is 2.56. The molecule has 13 rings (SSSR count). The van der Waals surface area contributed by atoms with E-state index < -0.39 is 5.41 Å². The van der Waals surface area contributed by atoms with Crippen molar-refractivity contribution in [3.8, 4) is 50.2 Å². The summed E-state index contributed by atoms with van der Waals surface area (Å²) < 4.78 is 2.46. The molecule has 324 valence electrons. The van der Waals surface area contributed by atoms with E-state index in [9.17, 15) is 0 Å². The number of hydrogen-bond donors (Lipinski definition) is 0. The van der Waals surface area contributed by atoms with Crippen molar-refractivity contribution in [3.63, 3.8) is 0 Å². The van der Waals surface area contributed by atoms with E-state index in [-0.39, 0.29) is 0 Å². The summed E-state index contributed by atoms with van der Waals surface area (Å²) in [5, 5.41) is 2.47. The van der Waals surface area contributed by atoms with Gasteiger partial charge in [-0.05, 0) is 140 Å². The molecule has 0 radical (unpaired) electrons. The van der Waals surface area contributed by atoms with Crippen LogP contribution in [0.3, 0.4) is 0 Å². The zero-order chi connectivity index (χ0) is 45.7. The van der Waals surface area contributed by atoms with Gasteiger partial charge in [0.2, 0.25) is 0 Å². The van der Waals surface area contributed by atoms with Crippen LogP contribution in [0.2, 0.25) is 0 Å². The Morgan fingerprint density at radius 1 is 0.275 bits per heavy atom. The predicted molar refractivity (Wildman–Crippen MR) is 289 cm³/mol. The second kappa shape index (κ2) is 16.7. The van der Waals surface area contributed by atoms with Gasteiger partial charge in [-0.3, -0.25) is 0 Å². The molecule has 69 heavy (non-hydrogen) atoms. The van der Waals surface area contributed by atoms with Gasteiger partial charge in [0.25, 0.3) is 0 Å². The van der Waals surface area contributed by atoms with Crippen LogP contribution in [0.5, 0.6) is 0 Å². The van der Waals surface area contributed by atoms with Crippen LogP contribution < -0.4 is 4.90 Å². The highest BCUT2D eigenvalue weighted by Gasteiger charge is 2.46. The molecule has 0 saturated carbocycles. The lowest BCUT2D eigenvalue weighted by Gasteiger charge is -2.33. The molecule has 1 aliphatic carbocycles. The molecule has 0 unspecified atom stereocenters. The number of aromatic nitrogens is 1. The minimum Gasteiger partial charge on any atom is -0.311 e. The Balaban J connectivity index is 0.863. The first-order valence-electron chi connectivity index (χ1n) is 23.8. The third-order valence-electron chi connectivity index (χ3n) is 14.3.